The maximum atomic E-state index is 11.9. The normalized spacial score (nSPS) is 13.6. The molecule has 1 atom stereocenters. The minimum absolute atomic E-state index is 0.0231. The van der Waals surface area contributed by atoms with Crippen molar-refractivity contribution in [1.82, 2.24) is 9.71 Å². The highest BCUT2D eigenvalue weighted by atomic mass is 35.5. The second-order valence-corrected chi connectivity index (χ2v) is 5.51. The van der Waals surface area contributed by atoms with Crippen molar-refractivity contribution in [1.29, 1.82) is 0 Å². The van der Waals surface area contributed by atoms with Gasteiger partial charge in [0.2, 0.25) is 10.0 Å². The van der Waals surface area contributed by atoms with Gasteiger partial charge >= 0.3 is 0 Å². The predicted octanol–water partition coefficient (Wildman–Crippen LogP) is 1.44. The van der Waals surface area contributed by atoms with Gasteiger partial charge < -0.3 is 4.74 Å². The van der Waals surface area contributed by atoms with Gasteiger partial charge in [-0.05, 0) is 26.0 Å². The van der Waals surface area contributed by atoms with E-state index in [9.17, 15) is 8.42 Å². The molecule has 1 aromatic heterocycles. The van der Waals surface area contributed by atoms with Gasteiger partial charge in [-0.2, -0.15) is 0 Å². The average Bonchev–Trinajstić information content (AvgIpc) is 2.26. The molecule has 0 fully saturated rings. The summed E-state index contributed by atoms with van der Waals surface area (Å²) < 4.78 is 31.5. The Morgan fingerprint density at radius 2 is 2.29 bits per heavy atom. The molecule has 0 amide bonds. The van der Waals surface area contributed by atoms with E-state index >= 15 is 0 Å². The Hall–Kier alpha value is -0.690. The molecule has 0 saturated heterocycles. The molecular weight excluding hydrogens is 264 g/mol. The van der Waals surface area contributed by atoms with Gasteiger partial charge in [0.05, 0.1) is 6.61 Å². The first kappa shape index (κ1) is 14.4. The Bertz CT molecular complexity index is 464. The van der Waals surface area contributed by atoms with Crippen LogP contribution in [0.2, 0.25) is 5.15 Å². The summed E-state index contributed by atoms with van der Waals surface area (Å²) in [7, 11) is -3.65. The predicted molar refractivity (Wildman–Crippen MR) is 65.5 cm³/mol. The van der Waals surface area contributed by atoms with Crippen molar-refractivity contribution in [2.24, 2.45) is 0 Å². The van der Waals surface area contributed by atoms with E-state index in [2.05, 4.69) is 9.71 Å². The van der Waals surface area contributed by atoms with Crippen molar-refractivity contribution in [3.05, 3.63) is 23.5 Å². The average molecular weight is 279 g/mol. The summed E-state index contributed by atoms with van der Waals surface area (Å²) in [6.07, 6.45) is 1.44. The first-order chi connectivity index (χ1) is 7.97. The molecule has 1 unspecified atom stereocenters. The fourth-order valence-corrected chi connectivity index (χ4v) is 2.91. The van der Waals surface area contributed by atoms with Crippen molar-refractivity contribution in [3.8, 4) is 0 Å². The number of sulfonamides is 1. The molecule has 0 bridgehead atoms. The minimum atomic E-state index is -3.65. The van der Waals surface area contributed by atoms with E-state index in [1.807, 2.05) is 6.92 Å². The van der Waals surface area contributed by atoms with Crippen molar-refractivity contribution in [2.45, 2.75) is 24.8 Å². The van der Waals surface area contributed by atoms with E-state index in [4.69, 9.17) is 16.3 Å². The number of nitrogens with zero attached hydrogens (tertiary/aromatic N) is 1. The van der Waals surface area contributed by atoms with Crippen LogP contribution in [-0.2, 0) is 14.8 Å². The summed E-state index contributed by atoms with van der Waals surface area (Å²) in [5.41, 5.74) is 0. The van der Waals surface area contributed by atoms with Gasteiger partial charge in [0.25, 0.3) is 0 Å². The van der Waals surface area contributed by atoms with Crippen LogP contribution < -0.4 is 4.72 Å². The van der Waals surface area contributed by atoms with Crippen LogP contribution in [0.4, 0.5) is 0 Å². The summed E-state index contributed by atoms with van der Waals surface area (Å²) in [6, 6.07) is 2.61. The van der Waals surface area contributed by atoms with Gasteiger partial charge in [-0.25, -0.2) is 18.1 Å². The fraction of sp³-hybridized carbons (Fsp3) is 0.500. The Morgan fingerprint density at radius 1 is 1.59 bits per heavy atom. The smallest absolute Gasteiger partial charge is 0.243 e. The molecule has 0 aromatic carbocycles. The van der Waals surface area contributed by atoms with E-state index in [0.717, 1.165) is 0 Å². The molecule has 1 aromatic rings. The van der Waals surface area contributed by atoms with Crippen LogP contribution in [-0.4, -0.2) is 32.7 Å². The maximum absolute atomic E-state index is 11.9. The van der Waals surface area contributed by atoms with Gasteiger partial charge in [-0.3, -0.25) is 0 Å². The fourth-order valence-electron chi connectivity index (χ4n) is 1.23. The maximum Gasteiger partial charge on any atom is 0.243 e. The zero-order valence-electron chi connectivity index (χ0n) is 9.68. The molecule has 7 heteroatoms. The summed E-state index contributed by atoms with van der Waals surface area (Å²) in [4.78, 5) is 3.71. The third-order valence-corrected chi connectivity index (χ3v) is 3.98. The standard InChI is InChI=1S/C10H15ClN2O3S/c1-3-16-7-8(2)13-17(14,15)9-5-4-6-12-10(9)11/h4-6,8,13H,3,7H2,1-2H3. The van der Waals surface area contributed by atoms with E-state index < -0.39 is 10.0 Å². The highest BCUT2D eigenvalue weighted by Crippen LogP contribution is 2.17. The molecule has 0 saturated carbocycles. The number of halogens is 1. The lowest BCUT2D eigenvalue weighted by Crippen LogP contribution is -2.36. The van der Waals surface area contributed by atoms with Crippen LogP contribution in [0.15, 0.2) is 23.2 Å². The van der Waals surface area contributed by atoms with Crippen molar-refractivity contribution in [2.75, 3.05) is 13.2 Å². The third-order valence-electron chi connectivity index (χ3n) is 1.94. The van der Waals surface area contributed by atoms with Gasteiger partial charge in [-0.1, -0.05) is 11.6 Å². The highest BCUT2D eigenvalue weighted by molar-refractivity contribution is 7.89. The van der Waals surface area contributed by atoms with Crippen molar-refractivity contribution in [3.63, 3.8) is 0 Å². The second-order valence-electron chi connectivity index (χ2n) is 3.47. The Morgan fingerprint density at radius 3 is 2.88 bits per heavy atom. The molecule has 0 spiro atoms. The van der Waals surface area contributed by atoms with E-state index in [0.29, 0.717) is 13.2 Å². The Labute approximate surface area is 106 Å². The first-order valence-electron chi connectivity index (χ1n) is 5.18. The summed E-state index contributed by atoms with van der Waals surface area (Å²) in [5.74, 6) is 0. The molecule has 5 nitrogen and oxygen atoms in total. The molecule has 17 heavy (non-hydrogen) atoms. The Balaban J connectivity index is 2.79. The third kappa shape index (κ3) is 4.23. The zero-order chi connectivity index (χ0) is 12.9. The molecule has 1 N–H and O–H groups in total. The quantitative estimate of drug-likeness (QED) is 0.800. The minimum Gasteiger partial charge on any atom is -0.380 e. The van der Waals surface area contributed by atoms with E-state index in [-0.39, 0.29) is 16.1 Å². The van der Waals surface area contributed by atoms with Crippen LogP contribution in [0.5, 0.6) is 0 Å². The van der Waals surface area contributed by atoms with Gasteiger partial charge in [-0.15, -0.1) is 0 Å². The van der Waals surface area contributed by atoms with Crippen LogP contribution in [0, 0.1) is 0 Å². The SMILES string of the molecule is CCOCC(C)NS(=O)(=O)c1cccnc1Cl. The summed E-state index contributed by atoms with van der Waals surface area (Å²) >= 11 is 5.74. The lowest BCUT2D eigenvalue weighted by Gasteiger charge is -2.14. The van der Waals surface area contributed by atoms with Gasteiger partial charge in [0.15, 0.2) is 0 Å². The lowest BCUT2D eigenvalue weighted by molar-refractivity contribution is 0.133. The summed E-state index contributed by atoms with van der Waals surface area (Å²) in [6.45, 7) is 4.42. The van der Waals surface area contributed by atoms with E-state index in [1.165, 1.54) is 18.3 Å². The number of rotatable bonds is 6. The van der Waals surface area contributed by atoms with Crippen LogP contribution in [0.1, 0.15) is 13.8 Å². The van der Waals surface area contributed by atoms with Crippen LogP contribution in [0.3, 0.4) is 0 Å². The molecule has 0 aliphatic carbocycles. The second kappa shape index (κ2) is 6.30. The lowest BCUT2D eigenvalue weighted by atomic mass is 10.4. The Kier molecular flexibility index (Phi) is 5.32. The monoisotopic (exact) mass is 278 g/mol. The number of ether oxygens (including phenoxy) is 1. The summed E-state index contributed by atoms with van der Waals surface area (Å²) in [5, 5.41) is -0.0383. The van der Waals surface area contributed by atoms with Gasteiger partial charge in [0, 0.05) is 18.8 Å². The largest absolute Gasteiger partial charge is 0.380 e. The molecule has 96 valence electrons. The van der Waals surface area contributed by atoms with E-state index in [1.54, 1.807) is 6.92 Å². The van der Waals surface area contributed by atoms with Crippen molar-refractivity contribution < 1.29 is 13.2 Å². The van der Waals surface area contributed by atoms with Crippen molar-refractivity contribution >= 4 is 21.6 Å². The zero-order valence-corrected chi connectivity index (χ0v) is 11.3. The van der Waals surface area contributed by atoms with Crippen LogP contribution >= 0.6 is 11.6 Å². The number of aromatic nitrogens is 1. The molecule has 0 aliphatic rings. The van der Waals surface area contributed by atoms with Crippen LogP contribution in [0.25, 0.3) is 0 Å². The number of hydrogen-bond donors (Lipinski definition) is 1. The number of nitrogens with one attached hydrogen (secondary N) is 1. The number of pyridine rings is 1. The molecule has 1 heterocycles. The van der Waals surface area contributed by atoms with Gasteiger partial charge in [0.1, 0.15) is 10.0 Å². The number of hydrogen-bond acceptors (Lipinski definition) is 4. The topological polar surface area (TPSA) is 68.3 Å². The molecular formula is C10H15ClN2O3S. The molecule has 1 rings (SSSR count). The first-order valence-corrected chi connectivity index (χ1v) is 7.04. The molecule has 0 radical (unpaired) electrons. The highest BCUT2D eigenvalue weighted by Gasteiger charge is 2.20. The molecule has 0 aliphatic heterocycles.